The van der Waals surface area contributed by atoms with Crippen LogP contribution in [0.25, 0.3) is 0 Å². The third kappa shape index (κ3) is 5.35. The van der Waals surface area contributed by atoms with Gasteiger partial charge in [-0.1, -0.05) is 5.21 Å². The van der Waals surface area contributed by atoms with Gasteiger partial charge in [0.1, 0.15) is 0 Å². The van der Waals surface area contributed by atoms with Gasteiger partial charge < -0.3 is 15.4 Å². The first-order chi connectivity index (χ1) is 9.34. The maximum absolute atomic E-state index is 11.6. The van der Waals surface area contributed by atoms with Crippen molar-refractivity contribution < 1.29 is 9.53 Å². The molecule has 0 saturated carbocycles. The Balaban J connectivity index is 1.49. The van der Waals surface area contributed by atoms with Crippen molar-refractivity contribution in [2.24, 2.45) is 0 Å². The molecule has 0 unspecified atom stereocenters. The molecule has 2 heterocycles. The van der Waals surface area contributed by atoms with Gasteiger partial charge in [-0.3, -0.25) is 9.48 Å². The van der Waals surface area contributed by atoms with E-state index < -0.39 is 0 Å². The van der Waals surface area contributed by atoms with E-state index in [1.54, 1.807) is 17.1 Å². The van der Waals surface area contributed by atoms with Crippen molar-refractivity contribution in [3.05, 3.63) is 12.4 Å². The summed E-state index contributed by atoms with van der Waals surface area (Å²) in [7, 11) is 0. The molecule has 0 spiro atoms. The minimum atomic E-state index is 0.0180. The van der Waals surface area contributed by atoms with Gasteiger partial charge in [0.25, 0.3) is 0 Å². The highest BCUT2D eigenvalue weighted by molar-refractivity contribution is 5.75. The highest BCUT2D eigenvalue weighted by Crippen LogP contribution is 2.06. The van der Waals surface area contributed by atoms with Crippen molar-refractivity contribution in [2.75, 3.05) is 26.2 Å². The van der Waals surface area contributed by atoms with E-state index in [2.05, 4.69) is 20.9 Å². The Kier molecular flexibility index (Phi) is 5.77. The van der Waals surface area contributed by atoms with Gasteiger partial charge in [0, 0.05) is 19.2 Å². The standard InChI is InChI=1S/C12H21N5O2/c18-12(3-8-17-9-6-15-16-17)14-7-10-19-11-1-4-13-5-2-11/h6,9,11,13H,1-5,7-8,10H2,(H,14,18). The Morgan fingerprint density at radius 3 is 3.05 bits per heavy atom. The van der Waals surface area contributed by atoms with Crippen LogP contribution in [0.15, 0.2) is 12.4 Å². The monoisotopic (exact) mass is 267 g/mol. The van der Waals surface area contributed by atoms with E-state index in [0.29, 0.717) is 32.2 Å². The van der Waals surface area contributed by atoms with Gasteiger partial charge in [-0.2, -0.15) is 0 Å². The Labute approximate surface area is 112 Å². The van der Waals surface area contributed by atoms with Crippen LogP contribution in [0.3, 0.4) is 0 Å². The summed E-state index contributed by atoms with van der Waals surface area (Å²) in [5, 5.41) is 13.6. The first kappa shape index (κ1) is 14.0. The van der Waals surface area contributed by atoms with Crippen molar-refractivity contribution in [1.29, 1.82) is 0 Å². The molecule has 1 aliphatic rings. The van der Waals surface area contributed by atoms with Crippen molar-refractivity contribution in [3.8, 4) is 0 Å². The lowest BCUT2D eigenvalue weighted by Gasteiger charge is -2.22. The predicted molar refractivity (Wildman–Crippen MR) is 69.5 cm³/mol. The van der Waals surface area contributed by atoms with Gasteiger partial charge >= 0.3 is 0 Å². The van der Waals surface area contributed by atoms with E-state index in [1.807, 2.05) is 0 Å². The van der Waals surface area contributed by atoms with Gasteiger partial charge in [-0.15, -0.1) is 5.10 Å². The predicted octanol–water partition coefficient (Wildman–Crippen LogP) is -0.447. The number of hydrogen-bond acceptors (Lipinski definition) is 5. The number of nitrogens with one attached hydrogen (secondary N) is 2. The van der Waals surface area contributed by atoms with E-state index in [4.69, 9.17) is 4.74 Å². The first-order valence-electron chi connectivity index (χ1n) is 6.78. The Bertz CT molecular complexity index is 362. The molecule has 0 aromatic carbocycles. The molecule has 1 aromatic rings. The molecule has 0 aliphatic carbocycles. The summed E-state index contributed by atoms with van der Waals surface area (Å²) in [5.74, 6) is 0.0180. The number of piperidine rings is 1. The summed E-state index contributed by atoms with van der Waals surface area (Å²) < 4.78 is 7.35. The van der Waals surface area contributed by atoms with Gasteiger partial charge in [-0.05, 0) is 25.9 Å². The summed E-state index contributed by atoms with van der Waals surface area (Å²) in [6, 6.07) is 0. The third-order valence-electron chi connectivity index (χ3n) is 3.10. The molecule has 1 fully saturated rings. The average molecular weight is 267 g/mol. The normalized spacial score (nSPS) is 16.4. The third-order valence-corrected chi connectivity index (χ3v) is 3.10. The maximum atomic E-state index is 11.6. The zero-order valence-electron chi connectivity index (χ0n) is 11.0. The Hall–Kier alpha value is -1.47. The zero-order valence-corrected chi connectivity index (χ0v) is 11.0. The van der Waals surface area contributed by atoms with E-state index in [0.717, 1.165) is 25.9 Å². The van der Waals surface area contributed by atoms with Crippen LogP contribution >= 0.6 is 0 Å². The van der Waals surface area contributed by atoms with Crippen molar-refractivity contribution in [3.63, 3.8) is 0 Å². The average Bonchev–Trinajstić information content (AvgIpc) is 2.96. The minimum Gasteiger partial charge on any atom is -0.376 e. The fourth-order valence-electron chi connectivity index (χ4n) is 2.03. The molecule has 0 bridgehead atoms. The highest BCUT2D eigenvalue weighted by Gasteiger charge is 2.12. The van der Waals surface area contributed by atoms with Crippen LogP contribution in [-0.2, 0) is 16.1 Å². The quantitative estimate of drug-likeness (QED) is 0.654. The van der Waals surface area contributed by atoms with Crippen LogP contribution in [0.4, 0.5) is 0 Å². The molecular formula is C12H21N5O2. The summed E-state index contributed by atoms with van der Waals surface area (Å²) in [4.78, 5) is 11.6. The molecule has 7 nitrogen and oxygen atoms in total. The fourth-order valence-corrected chi connectivity index (χ4v) is 2.03. The van der Waals surface area contributed by atoms with Crippen LogP contribution in [0, 0.1) is 0 Å². The van der Waals surface area contributed by atoms with E-state index in [9.17, 15) is 4.79 Å². The van der Waals surface area contributed by atoms with Crippen LogP contribution < -0.4 is 10.6 Å². The number of hydrogen-bond donors (Lipinski definition) is 2. The van der Waals surface area contributed by atoms with E-state index in [-0.39, 0.29) is 5.91 Å². The number of rotatable bonds is 7. The molecule has 1 saturated heterocycles. The van der Waals surface area contributed by atoms with Crippen LogP contribution in [0.5, 0.6) is 0 Å². The number of nitrogens with zero attached hydrogens (tertiary/aromatic N) is 3. The molecule has 2 rings (SSSR count). The largest absolute Gasteiger partial charge is 0.376 e. The lowest BCUT2D eigenvalue weighted by molar-refractivity contribution is -0.121. The van der Waals surface area contributed by atoms with Crippen LogP contribution in [-0.4, -0.2) is 53.2 Å². The molecule has 106 valence electrons. The lowest BCUT2D eigenvalue weighted by atomic mass is 10.1. The Morgan fingerprint density at radius 2 is 2.32 bits per heavy atom. The molecule has 1 amide bonds. The fraction of sp³-hybridized carbons (Fsp3) is 0.750. The second-order valence-corrected chi connectivity index (χ2v) is 4.59. The molecule has 1 aliphatic heterocycles. The minimum absolute atomic E-state index is 0.0180. The van der Waals surface area contributed by atoms with Crippen LogP contribution in [0.2, 0.25) is 0 Å². The molecule has 0 atom stereocenters. The number of aromatic nitrogens is 3. The summed E-state index contributed by atoms with van der Waals surface area (Å²) in [5.41, 5.74) is 0. The molecule has 0 radical (unpaired) electrons. The summed E-state index contributed by atoms with van der Waals surface area (Å²) in [6.45, 7) is 3.75. The van der Waals surface area contributed by atoms with Crippen molar-refractivity contribution in [1.82, 2.24) is 25.6 Å². The number of amides is 1. The topological polar surface area (TPSA) is 81.1 Å². The molecule has 2 N–H and O–H groups in total. The molecule has 1 aromatic heterocycles. The van der Waals surface area contributed by atoms with E-state index in [1.165, 1.54) is 0 Å². The summed E-state index contributed by atoms with van der Waals surface area (Å²) in [6.07, 6.45) is 6.21. The van der Waals surface area contributed by atoms with Crippen molar-refractivity contribution in [2.45, 2.75) is 31.9 Å². The number of ether oxygens (including phenoxy) is 1. The molecular weight excluding hydrogens is 246 g/mol. The maximum Gasteiger partial charge on any atom is 0.221 e. The number of carbonyl (C=O) groups excluding carboxylic acids is 1. The Morgan fingerprint density at radius 1 is 1.47 bits per heavy atom. The second kappa shape index (κ2) is 7.85. The summed E-state index contributed by atoms with van der Waals surface area (Å²) >= 11 is 0. The second-order valence-electron chi connectivity index (χ2n) is 4.59. The smallest absolute Gasteiger partial charge is 0.221 e. The van der Waals surface area contributed by atoms with Crippen LogP contribution in [0.1, 0.15) is 19.3 Å². The van der Waals surface area contributed by atoms with E-state index >= 15 is 0 Å². The van der Waals surface area contributed by atoms with Gasteiger partial charge in [0.2, 0.25) is 5.91 Å². The van der Waals surface area contributed by atoms with Crippen molar-refractivity contribution >= 4 is 5.91 Å². The molecule has 19 heavy (non-hydrogen) atoms. The van der Waals surface area contributed by atoms with Gasteiger partial charge in [0.15, 0.2) is 0 Å². The van der Waals surface area contributed by atoms with Gasteiger partial charge in [-0.25, -0.2) is 0 Å². The lowest BCUT2D eigenvalue weighted by Crippen LogP contribution is -2.35. The highest BCUT2D eigenvalue weighted by atomic mass is 16.5. The first-order valence-corrected chi connectivity index (χ1v) is 6.78. The molecule has 7 heteroatoms. The SMILES string of the molecule is O=C(CCn1ccnn1)NCCOC1CCNCC1. The zero-order chi connectivity index (χ0) is 13.3. The van der Waals surface area contributed by atoms with Gasteiger partial charge in [0.05, 0.1) is 25.5 Å². The number of aryl methyl sites for hydroxylation is 1. The number of carbonyl (C=O) groups is 1.